The molecule has 0 spiro atoms. The Balaban J connectivity index is 2.29. The van der Waals surface area contributed by atoms with Gasteiger partial charge in [0.25, 0.3) is 0 Å². The van der Waals surface area contributed by atoms with Crippen LogP contribution in [0.1, 0.15) is 32.0 Å². The summed E-state index contributed by atoms with van der Waals surface area (Å²) in [5.74, 6) is 0. The third kappa shape index (κ3) is 2.73. The summed E-state index contributed by atoms with van der Waals surface area (Å²) >= 11 is 1.57. The van der Waals surface area contributed by atoms with Crippen molar-refractivity contribution < 1.29 is 5.11 Å². The van der Waals surface area contributed by atoms with Crippen molar-refractivity contribution in [3.05, 3.63) is 40.9 Å². The van der Waals surface area contributed by atoms with Crippen molar-refractivity contribution >= 4 is 11.3 Å². The van der Waals surface area contributed by atoms with Gasteiger partial charge in [-0.25, -0.2) is 4.98 Å². The van der Waals surface area contributed by atoms with Gasteiger partial charge in [-0.05, 0) is 11.0 Å². The molecule has 0 radical (unpaired) electrons. The quantitative estimate of drug-likeness (QED) is 0.879. The molecule has 0 aliphatic heterocycles. The van der Waals surface area contributed by atoms with Gasteiger partial charge in [0.1, 0.15) is 5.01 Å². The second-order valence-electron chi connectivity index (χ2n) is 5.13. The Morgan fingerprint density at radius 2 is 1.82 bits per heavy atom. The number of hydrogen-bond donors (Lipinski definition) is 1. The molecule has 17 heavy (non-hydrogen) atoms. The van der Waals surface area contributed by atoms with Gasteiger partial charge in [-0.1, -0.05) is 45.0 Å². The minimum Gasteiger partial charge on any atom is -0.390 e. The van der Waals surface area contributed by atoms with Gasteiger partial charge < -0.3 is 5.11 Å². The SMILES string of the molecule is CC(C)(C)c1ccc(-c2nc(CO)cs2)cc1. The number of hydrogen-bond acceptors (Lipinski definition) is 3. The highest BCUT2D eigenvalue weighted by molar-refractivity contribution is 7.13. The Morgan fingerprint density at radius 3 is 2.29 bits per heavy atom. The summed E-state index contributed by atoms with van der Waals surface area (Å²) < 4.78 is 0. The predicted molar refractivity (Wildman–Crippen MR) is 72.2 cm³/mol. The summed E-state index contributed by atoms with van der Waals surface area (Å²) in [5, 5.41) is 11.9. The van der Waals surface area contributed by atoms with Gasteiger partial charge >= 0.3 is 0 Å². The zero-order valence-electron chi connectivity index (χ0n) is 10.4. The fraction of sp³-hybridized carbons (Fsp3) is 0.357. The maximum absolute atomic E-state index is 8.99. The normalized spacial score (nSPS) is 11.8. The Morgan fingerprint density at radius 1 is 1.18 bits per heavy atom. The molecule has 1 N–H and O–H groups in total. The first-order valence-electron chi connectivity index (χ1n) is 5.67. The van der Waals surface area contributed by atoms with E-state index in [-0.39, 0.29) is 12.0 Å². The zero-order valence-corrected chi connectivity index (χ0v) is 11.2. The van der Waals surface area contributed by atoms with Crippen molar-refractivity contribution in [3.8, 4) is 10.6 Å². The first-order valence-corrected chi connectivity index (χ1v) is 6.55. The molecule has 0 fully saturated rings. The lowest BCUT2D eigenvalue weighted by molar-refractivity contribution is 0.278. The van der Waals surface area contributed by atoms with E-state index in [9.17, 15) is 0 Å². The Kier molecular flexibility index (Phi) is 3.31. The van der Waals surface area contributed by atoms with Gasteiger partial charge in [0.05, 0.1) is 12.3 Å². The van der Waals surface area contributed by atoms with Crippen LogP contribution in [0.3, 0.4) is 0 Å². The summed E-state index contributed by atoms with van der Waals surface area (Å²) in [7, 11) is 0. The van der Waals surface area contributed by atoms with Gasteiger partial charge in [-0.2, -0.15) is 0 Å². The first-order chi connectivity index (χ1) is 8.00. The molecule has 0 atom stereocenters. The van der Waals surface area contributed by atoms with Crippen molar-refractivity contribution in [2.75, 3.05) is 0 Å². The van der Waals surface area contributed by atoms with Crippen LogP contribution in [0, 0.1) is 0 Å². The smallest absolute Gasteiger partial charge is 0.123 e. The second kappa shape index (κ2) is 4.59. The number of aliphatic hydroxyl groups excluding tert-OH is 1. The largest absolute Gasteiger partial charge is 0.390 e. The van der Waals surface area contributed by atoms with Crippen LogP contribution < -0.4 is 0 Å². The highest BCUT2D eigenvalue weighted by Crippen LogP contribution is 2.27. The molecule has 0 amide bonds. The van der Waals surface area contributed by atoms with E-state index >= 15 is 0 Å². The third-order valence-electron chi connectivity index (χ3n) is 2.71. The Labute approximate surface area is 106 Å². The number of nitrogens with zero attached hydrogens (tertiary/aromatic N) is 1. The van der Waals surface area contributed by atoms with Gasteiger partial charge in [0.2, 0.25) is 0 Å². The lowest BCUT2D eigenvalue weighted by Gasteiger charge is -2.18. The van der Waals surface area contributed by atoms with E-state index in [1.54, 1.807) is 11.3 Å². The fourth-order valence-corrected chi connectivity index (χ4v) is 2.44. The summed E-state index contributed by atoms with van der Waals surface area (Å²) in [4.78, 5) is 4.36. The standard InChI is InChI=1S/C14H17NOS/c1-14(2,3)11-6-4-10(5-7-11)13-15-12(8-16)9-17-13/h4-7,9,16H,8H2,1-3H3. The highest BCUT2D eigenvalue weighted by Gasteiger charge is 2.13. The zero-order chi connectivity index (χ0) is 12.5. The highest BCUT2D eigenvalue weighted by atomic mass is 32.1. The second-order valence-corrected chi connectivity index (χ2v) is 5.99. The molecular weight excluding hydrogens is 230 g/mol. The maximum atomic E-state index is 8.99. The molecule has 0 unspecified atom stereocenters. The molecule has 1 aromatic heterocycles. The number of rotatable bonds is 2. The van der Waals surface area contributed by atoms with E-state index in [4.69, 9.17) is 5.11 Å². The molecule has 2 aromatic rings. The average molecular weight is 247 g/mol. The van der Waals surface area contributed by atoms with E-state index < -0.39 is 0 Å². The predicted octanol–water partition coefficient (Wildman–Crippen LogP) is 3.60. The Hall–Kier alpha value is -1.19. The minimum absolute atomic E-state index is 0.0105. The van der Waals surface area contributed by atoms with E-state index in [0.717, 1.165) is 16.3 Å². The maximum Gasteiger partial charge on any atom is 0.123 e. The molecule has 0 bridgehead atoms. The minimum atomic E-state index is 0.0105. The van der Waals surface area contributed by atoms with Crippen LogP contribution in [0.5, 0.6) is 0 Å². The van der Waals surface area contributed by atoms with Crippen LogP contribution in [-0.4, -0.2) is 10.1 Å². The number of aliphatic hydroxyl groups is 1. The lowest BCUT2D eigenvalue weighted by Crippen LogP contribution is -2.10. The average Bonchev–Trinajstić information content (AvgIpc) is 2.76. The van der Waals surface area contributed by atoms with E-state index in [0.29, 0.717) is 0 Å². The van der Waals surface area contributed by atoms with Crippen molar-refractivity contribution in [3.63, 3.8) is 0 Å². The topological polar surface area (TPSA) is 33.1 Å². The van der Waals surface area contributed by atoms with Crippen LogP contribution in [0.2, 0.25) is 0 Å². The number of benzene rings is 1. The van der Waals surface area contributed by atoms with Crippen LogP contribution in [0.15, 0.2) is 29.6 Å². The van der Waals surface area contributed by atoms with Gasteiger partial charge in [-0.3, -0.25) is 0 Å². The fourth-order valence-electron chi connectivity index (χ4n) is 1.62. The first kappa shape index (κ1) is 12.3. The van der Waals surface area contributed by atoms with Crippen molar-refractivity contribution in [1.29, 1.82) is 0 Å². The van der Waals surface area contributed by atoms with E-state index in [1.165, 1.54) is 5.56 Å². The molecule has 90 valence electrons. The van der Waals surface area contributed by atoms with Gasteiger partial charge in [-0.15, -0.1) is 11.3 Å². The molecule has 2 rings (SSSR count). The summed E-state index contributed by atoms with van der Waals surface area (Å²) in [6.07, 6.45) is 0. The molecule has 2 nitrogen and oxygen atoms in total. The molecule has 1 heterocycles. The molecule has 0 saturated heterocycles. The summed E-state index contributed by atoms with van der Waals surface area (Å²) in [5.41, 5.74) is 3.35. The van der Waals surface area contributed by atoms with Crippen molar-refractivity contribution in [1.82, 2.24) is 4.98 Å². The number of thiazole rings is 1. The van der Waals surface area contributed by atoms with Crippen molar-refractivity contribution in [2.45, 2.75) is 32.8 Å². The van der Waals surface area contributed by atoms with E-state index in [1.807, 2.05) is 5.38 Å². The van der Waals surface area contributed by atoms with Crippen molar-refractivity contribution in [2.24, 2.45) is 0 Å². The molecule has 3 heteroatoms. The molecule has 0 aliphatic carbocycles. The monoisotopic (exact) mass is 247 g/mol. The van der Waals surface area contributed by atoms with Crippen LogP contribution in [-0.2, 0) is 12.0 Å². The molecular formula is C14H17NOS. The van der Waals surface area contributed by atoms with Crippen LogP contribution in [0.4, 0.5) is 0 Å². The third-order valence-corrected chi connectivity index (χ3v) is 3.65. The summed E-state index contributed by atoms with van der Waals surface area (Å²) in [6, 6.07) is 8.49. The van der Waals surface area contributed by atoms with Crippen LogP contribution >= 0.6 is 11.3 Å². The van der Waals surface area contributed by atoms with Gasteiger partial charge in [0, 0.05) is 10.9 Å². The lowest BCUT2D eigenvalue weighted by atomic mass is 9.87. The van der Waals surface area contributed by atoms with Crippen LogP contribution in [0.25, 0.3) is 10.6 Å². The summed E-state index contributed by atoms with van der Waals surface area (Å²) in [6.45, 7) is 6.62. The Bertz CT molecular complexity index is 494. The number of aromatic nitrogens is 1. The molecule has 0 aliphatic rings. The van der Waals surface area contributed by atoms with E-state index in [2.05, 4.69) is 50.0 Å². The van der Waals surface area contributed by atoms with Gasteiger partial charge in [0.15, 0.2) is 0 Å². The molecule has 1 aromatic carbocycles. The molecule has 0 saturated carbocycles.